The van der Waals surface area contributed by atoms with Crippen molar-refractivity contribution in [2.75, 3.05) is 23.7 Å². The van der Waals surface area contributed by atoms with Gasteiger partial charge >= 0.3 is 0 Å². The van der Waals surface area contributed by atoms with Crippen molar-refractivity contribution in [2.24, 2.45) is 5.92 Å². The Morgan fingerprint density at radius 1 is 1.38 bits per heavy atom. The van der Waals surface area contributed by atoms with Crippen molar-refractivity contribution in [2.45, 2.75) is 33.1 Å². The van der Waals surface area contributed by atoms with E-state index < -0.39 is 0 Å². The lowest BCUT2D eigenvalue weighted by atomic mass is 9.99. The molecule has 3 heteroatoms. The van der Waals surface area contributed by atoms with E-state index in [2.05, 4.69) is 23.7 Å². The fraction of sp³-hybridized carbons (Fsp3) is 0.615. The summed E-state index contributed by atoms with van der Waals surface area (Å²) in [7, 11) is 0. The van der Waals surface area contributed by atoms with Crippen LogP contribution in [-0.4, -0.2) is 18.1 Å². The molecule has 1 fully saturated rings. The molecule has 0 radical (unpaired) electrons. The molecule has 2 rings (SSSR count). The van der Waals surface area contributed by atoms with E-state index in [9.17, 15) is 0 Å². The van der Waals surface area contributed by atoms with Crippen LogP contribution in [-0.2, 0) is 6.42 Å². The van der Waals surface area contributed by atoms with Crippen molar-refractivity contribution < 1.29 is 0 Å². The number of aryl methyl sites for hydroxylation is 1. The van der Waals surface area contributed by atoms with E-state index in [4.69, 9.17) is 5.73 Å². The summed E-state index contributed by atoms with van der Waals surface area (Å²) in [6, 6.07) is 4.03. The molecule has 1 aromatic heterocycles. The SMILES string of the molecule is CCc1nc(N2CCC(C)CC2)ccc1N. The molecule has 0 saturated carbocycles. The predicted molar refractivity (Wildman–Crippen MR) is 68.6 cm³/mol. The van der Waals surface area contributed by atoms with Gasteiger partial charge in [-0.3, -0.25) is 0 Å². The zero-order valence-corrected chi connectivity index (χ0v) is 10.2. The summed E-state index contributed by atoms with van der Waals surface area (Å²) in [4.78, 5) is 7.01. The van der Waals surface area contributed by atoms with Gasteiger partial charge in [0, 0.05) is 13.1 Å². The Morgan fingerprint density at radius 3 is 2.69 bits per heavy atom. The first kappa shape index (κ1) is 11.2. The fourth-order valence-electron chi connectivity index (χ4n) is 2.20. The molecule has 1 aromatic rings. The molecule has 16 heavy (non-hydrogen) atoms. The van der Waals surface area contributed by atoms with Gasteiger partial charge in [-0.15, -0.1) is 0 Å². The van der Waals surface area contributed by atoms with E-state index in [0.717, 1.165) is 42.6 Å². The maximum Gasteiger partial charge on any atom is 0.128 e. The third-order valence-corrected chi connectivity index (χ3v) is 3.44. The topological polar surface area (TPSA) is 42.2 Å². The number of nitrogens with zero attached hydrogens (tertiary/aromatic N) is 2. The summed E-state index contributed by atoms with van der Waals surface area (Å²) in [6.07, 6.45) is 3.45. The number of anilines is 2. The summed E-state index contributed by atoms with van der Waals surface area (Å²) in [5.41, 5.74) is 7.71. The number of nitrogen functional groups attached to an aromatic ring is 1. The lowest BCUT2D eigenvalue weighted by Gasteiger charge is -2.31. The zero-order valence-electron chi connectivity index (χ0n) is 10.2. The Hall–Kier alpha value is -1.25. The first-order chi connectivity index (χ1) is 7.70. The Balaban J connectivity index is 2.14. The van der Waals surface area contributed by atoms with Crippen LogP contribution in [0.15, 0.2) is 12.1 Å². The average molecular weight is 219 g/mol. The maximum atomic E-state index is 5.87. The minimum atomic E-state index is 0.816. The number of hydrogen-bond donors (Lipinski definition) is 1. The summed E-state index contributed by atoms with van der Waals surface area (Å²) < 4.78 is 0. The van der Waals surface area contributed by atoms with E-state index >= 15 is 0 Å². The molecule has 1 aliphatic rings. The molecule has 0 amide bonds. The minimum Gasteiger partial charge on any atom is -0.397 e. The Morgan fingerprint density at radius 2 is 2.06 bits per heavy atom. The first-order valence-corrected chi connectivity index (χ1v) is 6.21. The predicted octanol–water partition coefficient (Wildman–Crippen LogP) is 2.46. The molecule has 1 aliphatic heterocycles. The average Bonchev–Trinajstić information content (AvgIpc) is 2.31. The highest BCUT2D eigenvalue weighted by molar-refractivity contribution is 5.51. The van der Waals surface area contributed by atoms with Crippen LogP contribution in [0.3, 0.4) is 0 Å². The van der Waals surface area contributed by atoms with Crippen LogP contribution in [0.5, 0.6) is 0 Å². The molecular formula is C13H21N3. The van der Waals surface area contributed by atoms with E-state index in [0.29, 0.717) is 0 Å². The molecule has 0 atom stereocenters. The third kappa shape index (κ3) is 2.29. The highest BCUT2D eigenvalue weighted by Crippen LogP contribution is 2.23. The molecule has 88 valence electrons. The Bertz CT molecular complexity index is 354. The van der Waals surface area contributed by atoms with Crippen LogP contribution < -0.4 is 10.6 Å². The molecule has 0 spiro atoms. The van der Waals surface area contributed by atoms with Crippen LogP contribution >= 0.6 is 0 Å². The molecular weight excluding hydrogens is 198 g/mol. The van der Waals surface area contributed by atoms with E-state index in [1.807, 2.05) is 12.1 Å². The van der Waals surface area contributed by atoms with Gasteiger partial charge in [0.05, 0.1) is 11.4 Å². The van der Waals surface area contributed by atoms with Gasteiger partial charge in [-0.2, -0.15) is 0 Å². The highest BCUT2D eigenvalue weighted by atomic mass is 15.2. The lowest BCUT2D eigenvalue weighted by Crippen LogP contribution is -2.33. The molecule has 1 saturated heterocycles. The van der Waals surface area contributed by atoms with Crippen molar-refractivity contribution in [3.63, 3.8) is 0 Å². The molecule has 2 N–H and O–H groups in total. The summed E-state index contributed by atoms with van der Waals surface area (Å²) in [6.45, 7) is 6.68. The molecule has 0 aromatic carbocycles. The second-order valence-electron chi connectivity index (χ2n) is 4.73. The minimum absolute atomic E-state index is 0.816. The monoisotopic (exact) mass is 219 g/mol. The molecule has 2 heterocycles. The maximum absolute atomic E-state index is 5.87. The van der Waals surface area contributed by atoms with E-state index in [-0.39, 0.29) is 0 Å². The van der Waals surface area contributed by atoms with Crippen LogP contribution in [0.25, 0.3) is 0 Å². The second-order valence-corrected chi connectivity index (χ2v) is 4.73. The quantitative estimate of drug-likeness (QED) is 0.830. The zero-order chi connectivity index (χ0) is 11.5. The highest BCUT2D eigenvalue weighted by Gasteiger charge is 2.17. The van der Waals surface area contributed by atoms with Gasteiger partial charge in [0.1, 0.15) is 5.82 Å². The van der Waals surface area contributed by atoms with Gasteiger partial charge < -0.3 is 10.6 Å². The van der Waals surface area contributed by atoms with Crippen LogP contribution in [0.2, 0.25) is 0 Å². The summed E-state index contributed by atoms with van der Waals surface area (Å²) >= 11 is 0. The van der Waals surface area contributed by atoms with Gasteiger partial charge in [0.25, 0.3) is 0 Å². The van der Waals surface area contributed by atoms with E-state index in [1.165, 1.54) is 12.8 Å². The fourth-order valence-corrected chi connectivity index (χ4v) is 2.20. The van der Waals surface area contributed by atoms with Crippen LogP contribution in [0.4, 0.5) is 11.5 Å². The molecule has 0 aliphatic carbocycles. The van der Waals surface area contributed by atoms with Crippen molar-refractivity contribution in [1.29, 1.82) is 0 Å². The number of hydrogen-bond acceptors (Lipinski definition) is 3. The standard InChI is InChI=1S/C13H21N3/c1-3-12-11(14)4-5-13(15-12)16-8-6-10(2)7-9-16/h4-5,10H,3,6-9,14H2,1-2H3. The third-order valence-electron chi connectivity index (χ3n) is 3.44. The number of piperidine rings is 1. The number of aromatic nitrogens is 1. The smallest absolute Gasteiger partial charge is 0.128 e. The number of rotatable bonds is 2. The number of pyridine rings is 1. The largest absolute Gasteiger partial charge is 0.397 e. The van der Waals surface area contributed by atoms with E-state index in [1.54, 1.807) is 0 Å². The van der Waals surface area contributed by atoms with Gasteiger partial charge in [-0.1, -0.05) is 13.8 Å². The molecule has 3 nitrogen and oxygen atoms in total. The van der Waals surface area contributed by atoms with Crippen LogP contribution in [0, 0.1) is 5.92 Å². The van der Waals surface area contributed by atoms with Gasteiger partial charge in [0.15, 0.2) is 0 Å². The van der Waals surface area contributed by atoms with Crippen LogP contribution in [0.1, 0.15) is 32.4 Å². The normalized spacial score (nSPS) is 17.8. The summed E-state index contributed by atoms with van der Waals surface area (Å²) in [5, 5.41) is 0. The Labute approximate surface area is 97.7 Å². The van der Waals surface area contributed by atoms with Crippen molar-refractivity contribution in [1.82, 2.24) is 4.98 Å². The summed E-state index contributed by atoms with van der Waals surface area (Å²) in [5.74, 6) is 1.95. The first-order valence-electron chi connectivity index (χ1n) is 6.21. The second kappa shape index (κ2) is 4.73. The molecule has 0 unspecified atom stereocenters. The van der Waals surface area contributed by atoms with Gasteiger partial charge in [-0.25, -0.2) is 4.98 Å². The Kier molecular flexibility index (Phi) is 3.32. The number of nitrogens with two attached hydrogens (primary N) is 1. The van der Waals surface area contributed by atoms with Crippen molar-refractivity contribution in [3.8, 4) is 0 Å². The van der Waals surface area contributed by atoms with Crippen molar-refractivity contribution in [3.05, 3.63) is 17.8 Å². The van der Waals surface area contributed by atoms with Gasteiger partial charge in [-0.05, 0) is 37.3 Å². The van der Waals surface area contributed by atoms with Gasteiger partial charge in [0.2, 0.25) is 0 Å². The lowest BCUT2D eigenvalue weighted by molar-refractivity contribution is 0.436. The van der Waals surface area contributed by atoms with Crippen molar-refractivity contribution >= 4 is 11.5 Å². The molecule has 0 bridgehead atoms.